The molecule has 1 rings (SSSR count). The maximum atomic E-state index is 11.9. The van der Waals surface area contributed by atoms with Crippen LogP contribution in [0.25, 0.3) is 0 Å². The zero-order chi connectivity index (χ0) is 12.3. The summed E-state index contributed by atoms with van der Waals surface area (Å²) >= 11 is 0.892. The Labute approximate surface area is 96.4 Å². The molecule has 1 aromatic rings. The number of carbonyl (C=O) groups is 2. The Hall–Kier alpha value is -1.70. The molecule has 0 bridgehead atoms. The van der Waals surface area contributed by atoms with Gasteiger partial charge in [-0.15, -0.1) is 0 Å². The topological polar surface area (TPSA) is 95.4 Å². The lowest BCUT2D eigenvalue weighted by atomic mass is 10.1. The molecular formula is C8H12N4O3S. The van der Waals surface area contributed by atoms with Gasteiger partial charge in [0.15, 0.2) is 5.69 Å². The number of amides is 2. The van der Waals surface area contributed by atoms with E-state index in [2.05, 4.69) is 8.75 Å². The molecule has 1 heterocycles. The summed E-state index contributed by atoms with van der Waals surface area (Å²) < 4.78 is 7.46. The Morgan fingerprint density at radius 3 is 2.50 bits per heavy atom. The van der Waals surface area contributed by atoms with Crippen molar-refractivity contribution in [1.82, 2.24) is 19.2 Å². The van der Waals surface area contributed by atoms with Crippen molar-refractivity contribution in [2.75, 3.05) is 0 Å². The van der Waals surface area contributed by atoms with E-state index in [1.165, 1.54) is 6.20 Å². The Morgan fingerprint density at radius 1 is 1.50 bits per heavy atom. The summed E-state index contributed by atoms with van der Waals surface area (Å²) in [5.74, 6) is -0.524. The van der Waals surface area contributed by atoms with Crippen molar-refractivity contribution >= 4 is 23.7 Å². The normalized spacial score (nSPS) is 10.9. The van der Waals surface area contributed by atoms with Gasteiger partial charge >= 0.3 is 6.09 Å². The van der Waals surface area contributed by atoms with E-state index in [0.29, 0.717) is 0 Å². The third kappa shape index (κ3) is 2.89. The quantitative estimate of drug-likeness (QED) is 0.717. The molecular weight excluding hydrogens is 232 g/mol. The second kappa shape index (κ2) is 4.44. The summed E-state index contributed by atoms with van der Waals surface area (Å²) in [7, 11) is 0. The molecule has 2 amide bonds. The molecule has 0 aliphatic heterocycles. The van der Waals surface area contributed by atoms with E-state index in [9.17, 15) is 9.59 Å². The molecule has 0 spiro atoms. The van der Waals surface area contributed by atoms with Gasteiger partial charge in [0.1, 0.15) is 0 Å². The van der Waals surface area contributed by atoms with Crippen LogP contribution in [0.3, 0.4) is 0 Å². The highest BCUT2D eigenvalue weighted by Gasteiger charge is 2.30. The Balaban J connectivity index is 2.94. The summed E-state index contributed by atoms with van der Waals surface area (Å²) in [6, 6.07) is 0. The molecule has 0 aliphatic carbocycles. The van der Waals surface area contributed by atoms with Gasteiger partial charge in [0.2, 0.25) is 0 Å². The number of hydrogen-bond acceptors (Lipinski definition) is 5. The lowest BCUT2D eigenvalue weighted by Gasteiger charge is -2.33. The van der Waals surface area contributed by atoms with Crippen molar-refractivity contribution in [2.45, 2.75) is 26.3 Å². The maximum absolute atomic E-state index is 11.9. The minimum Gasteiger partial charge on any atom is -0.464 e. The molecule has 0 unspecified atom stereocenters. The maximum Gasteiger partial charge on any atom is 0.423 e. The number of nitrogens with zero attached hydrogens (tertiary/aromatic N) is 3. The van der Waals surface area contributed by atoms with Crippen LogP contribution < -0.4 is 5.43 Å². The molecule has 0 aromatic carbocycles. The number of hydrogen-bond donors (Lipinski definition) is 2. The van der Waals surface area contributed by atoms with Gasteiger partial charge in [0.05, 0.1) is 23.5 Å². The zero-order valence-electron chi connectivity index (χ0n) is 9.09. The van der Waals surface area contributed by atoms with Crippen LogP contribution in [0, 0.1) is 0 Å². The number of carbonyl (C=O) groups excluding carboxylic acids is 1. The molecule has 2 N–H and O–H groups in total. The summed E-state index contributed by atoms with van der Waals surface area (Å²) in [6.07, 6.45) is 0.00129. The lowest BCUT2D eigenvalue weighted by molar-refractivity contribution is 0.0396. The third-order valence-corrected chi connectivity index (χ3v) is 2.14. The highest BCUT2D eigenvalue weighted by Crippen LogP contribution is 2.13. The number of hydrazine groups is 1. The van der Waals surface area contributed by atoms with Crippen molar-refractivity contribution in [3.8, 4) is 0 Å². The number of aromatic nitrogens is 2. The van der Waals surface area contributed by atoms with E-state index < -0.39 is 17.5 Å². The second-order valence-electron chi connectivity index (χ2n) is 4.02. The van der Waals surface area contributed by atoms with E-state index in [0.717, 1.165) is 16.7 Å². The van der Waals surface area contributed by atoms with Crippen molar-refractivity contribution in [2.24, 2.45) is 0 Å². The zero-order valence-corrected chi connectivity index (χ0v) is 9.91. The van der Waals surface area contributed by atoms with Crippen molar-refractivity contribution < 1.29 is 14.7 Å². The van der Waals surface area contributed by atoms with Crippen LogP contribution in [0.4, 0.5) is 4.79 Å². The van der Waals surface area contributed by atoms with Crippen molar-refractivity contribution in [3.05, 3.63) is 11.9 Å². The van der Waals surface area contributed by atoms with Crippen LogP contribution in [0.1, 0.15) is 31.3 Å². The van der Waals surface area contributed by atoms with E-state index in [1.54, 1.807) is 20.8 Å². The van der Waals surface area contributed by atoms with Crippen LogP contribution >= 0.6 is 11.7 Å². The SMILES string of the molecule is CC(C)(C)N(NC(=O)O)C(=O)c1cnsn1. The van der Waals surface area contributed by atoms with E-state index in [4.69, 9.17) is 5.11 Å². The highest BCUT2D eigenvalue weighted by molar-refractivity contribution is 6.99. The first-order valence-electron chi connectivity index (χ1n) is 4.44. The molecule has 1 aromatic heterocycles. The van der Waals surface area contributed by atoms with Gasteiger partial charge in [-0.05, 0) is 20.8 Å². The van der Waals surface area contributed by atoms with E-state index >= 15 is 0 Å². The molecule has 8 heteroatoms. The molecule has 0 atom stereocenters. The Kier molecular flexibility index (Phi) is 3.43. The van der Waals surface area contributed by atoms with Gasteiger partial charge in [0, 0.05) is 0 Å². The fourth-order valence-corrected chi connectivity index (χ4v) is 1.40. The van der Waals surface area contributed by atoms with Crippen LogP contribution in [-0.4, -0.2) is 36.4 Å². The molecule has 88 valence electrons. The van der Waals surface area contributed by atoms with Crippen molar-refractivity contribution in [1.29, 1.82) is 0 Å². The molecule has 0 radical (unpaired) electrons. The van der Waals surface area contributed by atoms with Crippen LogP contribution in [-0.2, 0) is 0 Å². The van der Waals surface area contributed by atoms with Gasteiger partial charge in [-0.3, -0.25) is 4.79 Å². The van der Waals surface area contributed by atoms with E-state index in [-0.39, 0.29) is 5.69 Å². The minimum atomic E-state index is -1.30. The number of rotatable bonds is 1. The van der Waals surface area contributed by atoms with Crippen molar-refractivity contribution in [3.63, 3.8) is 0 Å². The first-order valence-corrected chi connectivity index (χ1v) is 5.17. The first-order chi connectivity index (χ1) is 7.32. The number of carboxylic acid groups (broad SMARTS) is 1. The minimum absolute atomic E-state index is 0.119. The van der Waals surface area contributed by atoms with Gasteiger partial charge in [-0.1, -0.05) is 0 Å². The van der Waals surface area contributed by atoms with Crippen LogP contribution in [0.15, 0.2) is 6.20 Å². The van der Waals surface area contributed by atoms with Crippen LogP contribution in [0.2, 0.25) is 0 Å². The van der Waals surface area contributed by atoms with Gasteiger partial charge in [-0.25, -0.2) is 15.2 Å². The second-order valence-corrected chi connectivity index (χ2v) is 4.58. The summed E-state index contributed by atoms with van der Waals surface area (Å²) in [4.78, 5) is 22.5. The summed E-state index contributed by atoms with van der Waals surface area (Å²) in [6.45, 7) is 5.13. The molecule has 16 heavy (non-hydrogen) atoms. The van der Waals surface area contributed by atoms with E-state index in [1.807, 2.05) is 5.43 Å². The van der Waals surface area contributed by atoms with Gasteiger partial charge in [0.25, 0.3) is 5.91 Å². The standard InChI is InChI=1S/C8H12N4O3S/c1-8(2,3)12(10-7(14)15)6(13)5-4-9-16-11-5/h4,10H,1-3H3,(H,14,15). The monoisotopic (exact) mass is 244 g/mol. The predicted molar refractivity (Wildman–Crippen MR) is 57.0 cm³/mol. The molecule has 7 nitrogen and oxygen atoms in total. The fraction of sp³-hybridized carbons (Fsp3) is 0.500. The summed E-state index contributed by atoms with van der Waals surface area (Å²) in [5.41, 5.74) is 1.48. The average Bonchev–Trinajstić information content (AvgIpc) is 2.63. The van der Waals surface area contributed by atoms with Crippen LogP contribution in [0.5, 0.6) is 0 Å². The predicted octanol–water partition coefficient (Wildman–Crippen LogP) is 0.961. The largest absolute Gasteiger partial charge is 0.464 e. The lowest BCUT2D eigenvalue weighted by Crippen LogP contribution is -2.55. The average molecular weight is 244 g/mol. The smallest absolute Gasteiger partial charge is 0.423 e. The molecule has 0 saturated heterocycles. The fourth-order valence-electron chi connectivity index (χ4n) is 0.992. The van der Waals surface area contributed by atoms with Gasteiger partial charge < -0.3 is 5.11 Å². The Bertz CT molecular complexity index is 384. The summed E-state index contributed by atoms with van der Waals surface area (Å²) in [5, 5.41) is 9.66. The van der Waals surface area contributed by atoms with Gasteiger partial charge in [-0.2, -0.15) is 8.75 Å². The third-order valence-electron chi connectivity index (χ3n) is 1.66. The molecule has 0 aliphatic rings. The Morgan fingerprint density at radius 2 is 2.12 bits per heavy atom. The highest BCUT2D eigenvalue weighted by atomic mass is 32.1. The first kappa shape index (κ1) is 12.4. The molecule has 0 saturated carbocycles. The molecule has 0 fully saturated rings. The number of nitrogens with one attached hydrogen (secondary N) is 1.